The lowest BCUT2D eigenvalue weighted by Gasteiger charge is -2.46. The molecule has 2 aliphatic rings. The first-order valence-electron chi connectivity index (χ1n) is 10.2. The number of nitrogens with one attached hydrogen (secondary N) is 1. The van der Waals surface area contributed by atoms with Crippen LogP contribution in [0.2, 0.25) is 0 Å². The highest BCUT2D eigenvalue weighted by Gasteiger charge is 2.42. The van der Waals surface area contributed by atoms with Crippen LogP contribution in [0.4, 0.5) is 5.69 Å². The molecule has 1 aromatic carbocycles. The van der Waals surface area contributed by atoms with E-state index in [2.05, 4.69) is 40.3 Å². The first-order chi connectivity index (χ1) is 14.1. The van der Waals surface area contributed by atoms with Gasteiger partial charge in [-0.25, -0.2) is 0 Å². The summed E-state index contributed by atoms with van der Waals surface area (Å²) < 4.78 is 13.5. The van der Waals surface area contributed by atoms with E-state index in [-0.39, 0.29) is 11.4 Å². The van der Waals surface area contributed by atoms with E-state index in [0.717, 1.165) is 35.7 Å². The Labute approximate surface area is 170 Å². The first kappa shape index (κ1) is 17.9. The zero-order valence-electron chi connectivity index (χ0n) is 16.8. The number of hydrogen-bond donors (Lipinski definition) is 1. The van der Waals surface area contributed by atoms with Crippen molar-refractivity contribution in [2.75, 3.05) is 25.0 Å². The van der Waals surface area contributed by atoms with Gasteiger partial charge < -0.3 is 23.9 Å². The van der Waals surface area contributed by atoms with Crippen LogP contribution < -0.4 is 10.1 Å². The molecule has 5 rings (SSSR count). The SMILES string of the molecule is CCOc1ccc2c(c1)NC1(CCN(C(=O)c3ccc(C)o3)CC1)c1cccn1-2. The molecule has 1 saturated heterocycles. The van der Waals surface area contributed by atoms with Crippen LogP contribution in [0.1, 0.15) is 41.8 Å². The molecule has 0 saturated carbocycles. The quantitative estimate of drug-likeness (QED) is 0.722. The molecule has 1 fully saturated rings. The van der Waals surface area contributed by atoms with E-state index in [0.29, 0.717) is 25.5 Å². The van der Waals surface area contributed by atoms with E-state index in [1.165, 1.54) is 5.69 Å². The minimum atomic E-state index is -0.197. The number of fused-ring (bicyclic) bond motifs is 4. The Balaban J connectivity index is 1.42. The maximum Gasteiger partial charge on any atom is 0.289 e. The van der Waals surface area contributed by atoms with Crippen molar-refractivity contribution in [1.82, 2.24) is 9.47 Å². The van der Waals surface area contributed by atoms with E-state index in [9.17, 15) is 4.79 Å². The van der Waals surface area contributed by atoms with Crippen molar-refractivity contribution in [3.05, 3.63) is 65.9 Å². The molecule has 1 amide bonds. The van der Waals surface area contributed by atoms with E-state index in [1.807, 2.05) is 30.9 Å². The predicted molar refractivity (Wildman–Crippen MR) is 111 cm³/mol. The van der Waals surface area contributed by atoms with Crippen LogP contribution >= 0.6 is 0 Å². The van der Waals surface area contributed by atoms with Gasteiger partial charge in [-0.05, 0) is 63.1 Å². The number of anilines is 1. The molecule has 3 aromatic rings. The van der Waals surface area contributed by atoms with Gasteiger partial charge in [0.25, 0.3) is 5.91 Å². The summed E-state index contributed by atoms with van der Waals surface area (Å²) in [6.45, 7) is 5.85. The Morgan fingerprint density at radius 1 is 1.21 bits per heavy atom. The van der Waals surface area contributed by atoms with Crippen molar-refractivity contribution < 1.29 is 13.9 Å². The van der Waals surface area contributed by atoms with Crippen molar-refractivity contribution in [2.24, 2.45) is 0 Å². The number of ether oxygens (including phenoxy) is 1. The molecule has 1 N–H and O–H groups in total. The van der Waals surface area contributed by atoms with Gasteiger partial charge in [-0.3, -0.25) is 4.79 Å². The molecule has 0 unspecified atom stereocenters. The van der Waals surface area contributed by atoms with Gasteiger partial charge in [0.2, 0.25) is 0 Å². The predicted octanol–water partition coefficient (Wildman–Crippen LogP) is 4.33. The number of benzene rings is 1. The minimum absolute atomic E-state index is 0.0295. The molecule has 2 aliphatic heterocycles. The van der Waals surface area contributed by atoms with Crippen LogP contribution in [-0.2, 0) is 5.54 Å². The Kier molecular flexibility index (Phi) is 4.15. The van der Waals surface area contributed by atoms with Crippen molar-refractivity contribution in [3.63, 3.8) is 0 Å². The van der Waals surface area contributed by atoms with E-state index in [1.54, 1.807) is 6.07 Å². The third-order valence-corrected chi connectivity index (χ3v) is 6.01. The number of amides is 1. The lowest BCUT2D eigenvalue weighted by Crippen LogP contribution is -2.51. The summed E-state index contributed by atoms with van der Waals surface area (Å²) in [5, 5.41) is 3.79. The van der Waals surface area contributed by atoms with E-state index in [4.69, 9.17) is 9.15 Å². The molecule has 2 aromatic heterocycles. The lowest BCUT2D eigenvalue weighted by molar-refractivity contribution is 0.0643. The Bertz CT molecular complexity index is 1060. The summed E-state index contributed by atoms with van der Waals surface area (Å²) in [7, 11) is 0. The van der Waals surface area contributed by atoms with Crippen LogP contribution in [0, 0.1) is 6.92 Å². The first-order valence-corrected chi connectivity index (χ1v) is 10.2. The maximum absolute atomic E-state index is 12.8. The number of aromatic nitrogens is 1. The zero-order valence-corrected chi connectivity index (χ0v) is 16.8. The monoisotopic (exact) mass is 391 g/mol. The average Bonchev–Trinajstić information content (AvgIpc) is 3.38. The summed E-state index contributed by atoms with van der Waals surface area (Å²) >= 11 is 0. The summed E-state index contributed by atoms with van der Waals surface area (Å²) in [4.78, 5) is 14.7. The molecule has 0 aliphatic carbocycles. The van der Waals surface area contributed by atoms with Gasteiger partial charge in [0.05, 0.1) is 23.5 Å². The average molecular weight is 391 g/mol. The fourth-order valence-electron chi connectivity index (χ4n) is 4.56. The lowest BCUT2D eigenvalue weighted by atomic mass is 9.82. The standard InChI is InChI=1S/C23H25N3O3/c1-3-28-17-7-8-19-18(15-17)24-23(21-5-4-12-26(19)21)10-13-25(14-11-23)22(27)20-9-6-16(2)29-20/h4-9,12,15,24H,3,10-11,13-14H2,1-2H3. The number of likely N-dealkylation sites (tertiary alicyclic amines) is 1. The van der Waals surface area contributed by atoms with Gasteiger partial charge in [-0.2, -0.15) is 0 Å². The highest BCUT2D eigenvalue weighted by atomic mass is 16.5. The Hall–Kier alpha value is -3.15. The fourth-order valence-corrected chi connectivity index (χ4v) is 4.56. The number of aryl methyl sites for hydroxylation is 1. The van der Waals surface area contributed by atoms with Crippen LogP contribution in [0.3, 0.4) is 0 Å². The van der Waals surface area contributed by atoms with Crippen LogP contribution in [0.25, 0.3) is 5.69 Å². The third kappa shape index (κ3) is 2.90. The normalized spacial score (nSPS) is 16.8. The summed E-state index contributed by atoms with van der Waals surface area (Å²) in [6.07, 6.45) is 3.78. The van der Waals surface area contributed by atoms with Crippen molar-refractivity contribution in [2.45, 2.75) is 32.2 Å². The Morgan fingerprint density at radius 2 is 2.03 bits per heavy atom. The van der Waals surface area contributed by atoms with E-state index < -0.39 is 0 Å². The summed E-state index contributed by atoms with van der Waals surface area (Å²) in [5.41, 5.74) is 3.25. The smallest absolute Gasteiger partial charge is 0.289 e. The molecule has 6 heteroatoms. The maximum atomic E-state index is 12.8. The molecule has 0 bridgehead atoms. The molecule has 6 nitrogen and oxygen atoms in total. The van der Waals surface area contributed by atoms with Crippen molar-refractivity contribution >= 4 is 11.6 Å². The van der Waals surface area contributed by atoms with Gasteiger partial charge in [-0.15, -0.1) is 0 Å². The van der Waals surface area contributed by atoms with Gasteiger partial charge in [0, 0.05) is 31.0 Å². The number of nitrogens with zero attached hydrogens (tertiary/aromatic N) is 2. The van der Waals surface area contributed by atoms with Gasteiger partial charge >= 0.3 is 0 Å². The second kappa shape index (κ2) is 6.72. The largest absolute Gasteiger partial charge is 0.494 e. The molecular weight excluding hydrogens is 366 g/mol. The van der Waals surface area contributed by atoms with Crippen LogP contribution in [-0.4, -0.2) is 35.1 Å². The number of furan rings is 1. The number of hydrogen-bond acceptors (Lipinski definition) is 4. The molecule has 0 radical (unpaired) electrons. The number of piperidine rings is 1. The minimum Gasteiger partial charge on any atom is -0.494 e. The molecule has 4 heterocycles. The fraction of sp³-hybridized carbons (Fsp3) is 0.348. The van der Waals surface area contributed by atoms with Gasteiger partial charge in [-0.1, -0.05) is 0 Å². The highest BCUT2D eigenvalue weighted by Crippen LogP contribution is 2.44. The Morgan fingerprint density at radius 3 is 2.76 bits per heavy atom. The van der Waals surface area contributed by atoms with Crippen molar-refractivity contribution in [1.29, 1.82) is 0 Å². The number of rotatable bonds is 3. The topological polar surface area (TPSA) is 59.6 Å². The second-order valence-electron chi connectivity index (χ2n) is 7.79. The second-order valence-corrected chi connectivity index (χ2v) is 7.79. The number of carbonyl (C=O) groups excluding carboxylic acids is 1. The molecule has 1 spiro atoms. The zero-order chi connectivity index (χ0) is 20.0. The van der Waals surface area contributed by atoms with Gasteiger partial charge in [0.1, 0.15) is 11.5 Å². The molecular formula is C23H25N3O3. The number of carbonyl (C=O) groups is 1. The van der Waals surface area contributed by atoms with Gasteiger partial charge in [0.15, 0.2) is 5.76 Å². The highest BCUT2D eigenvalue weighted by molar-refractivity contribution is 5.91. The van der Waals surface area contributed by atoms with E-state index >= 15 is 0 Å². The summed E-state index contributed by atoms with van der Waals surface area (Å²) in [5.74, 6) is 2.02. The van der Waals surface area contributed by atoms with Crippen LogP contribution in [0.5, 0.6) is 5.75 Å². The van der Waals surface area contributed by atoms with Crippen molar-refractivity contribution in [3.8, 4) is 11.4 Å². The molecule has 29 heavy (non-hydrogen) atoms. The van der Waals surface area contributed by atoms with Crippen LogP contribution in [0.15, 0.2) is 53.1 Å². The third-order valence-electron chi connectivity index (χ3n) is 6.01. The molecule has 150 valence electrons. The molecule has 0 atom stereocenters. The summed E-state index contributed by atoms with van der Waals surface area (Å²) in [6, 6.07) is 14.1.